The zero-order valence-electron chi connectivity index (χ0n) is 12.1. The van der Waals surface area contributed by atoms with E-state index in [0.717, 1.165) is 12.0 Å². The van der Waals surface area contributed by atoms with Crippen LogP contribution in [0.3, 0.4) is 0 Å². The van der Waals surface area contributed by atoms with E-state index in [0.29, 0.717) is 29.9 Å². The molecule has 1 aromatic carbocycles. The summed E-state index contributed by atoms with van der Waals surface area (Å²) in [6.45, 7) is 3.35. The summed E-state index contributed by atoms with van der Waals surface area (Å²) < 4.78 is 26.4. The third kappa shape index (κ3) is 3.34. The van der Waals surface area contributed by atoms with Crippen molar-refractivity contribution in [1.29, 1.82) is 0 Å². The van der Waals surface area contributed by atoms with E-state index >= 15 is 0 Å². The summed E-state index contributed by atoms with van der Waals surface area (Å²) in [5, 5.41) is 3.48. The average Bonchev–Trinajstić information content (AvgIpc) is 3.07. The van der Waals surface area contributed by atoms with Crippen molar-refractivity contribution in [2.75, 3.05) is 20.6 Å². The monoisotopic (exact) mass is 316 g/mol. The van der Waals surface area contributed by atoms with Gasteiger partial charge in [-0.05, 0) is 43.0 Å². The van der Waals surface area contributed by atoms with Crippen molar-refractivity contribution >= 4 is 21.6 Å². The van der Waals surface area contributed by atoms with Crippen LogP contribution in [0.2, 0.25) is 5.02 Å². The molecule has 2 rings (SSSR count). The fourth-order valence-electron chi connectivity index (χ4n) is 2.28. The number of nitrogens with zero attached hydrogens (tertiary/aromatic N) is 1. The normalized spacial score (nSPS) is 22.2. The quantitative estimate of drug-likeness (QED) is 0.876. The number of rotatable bonds is 6. The second-order valence-electron chi connectivity index (χ2n) is 5.54. The largest absolute Gasteiger partial charge is 0.316 e. The van der Waals surface area contributed by atoms with Crippen LogP contribution < -0.4 is 5.32 Å². The summed E-state index contributed by atoms with van der Waals surface area (Å²) in [6, 6.07) is 4.93. The molecule has 1 fully saturated rings. The summed E-state index contributed by atoms with van der Waals surface area (Å²) >= 11 is 6.14. The van der Waals surface area contributed by atoms with Gasteiger partial charge in [-0.25, -0.2) is 12.7 Å². The summed E-state index contributed by atoms with van der Waals surface area (Å²) in [6.07, 6.45) is 1.11. The van der Waals surface area contributed by atoms with E-state index in [1.807, 2.05) is 7.05 Å². The van der Waals surface area contributed by atoms with Gasteiger partial charge in [0.15, 0.2) is 0 Å². The Morgan fingerprint density at radius 3 is 2.60 bits per heavy atom. The van der Waals surface area contributed by atoms with Crippen LogP contribution in [0.1, 0.15) is 18.9 Å². The van der Waals surface area contributed by atoms with Gasteiger partial charge in [0.25, 0.3) is 0 Å². The van der Waals surface area contributed by atoms with Crippen LogP contribution in [-0.4, -0.2) is 33.4 Å². The van der Waals surface area contributed by atoms with Crippen molar-refractivity contribution in [1.82, 2.24) is 9.62 Å². The van der Waals surface area contributed by atoms with Gasteiger partial charge in [0.05, 0.1) is 4.90 Å². The topological polar surface area (TPSA) is 49.4 Å². The van der Waals surface area contributed by atoms with Crippen LogP contribution in [0, 0.1) is 11.8 Å². The summed E-state index contributed by atoms with van der Waals surface area (Å²) in [7, 11) is 0.0165. The van der Waals surface area contributed by atoms with Gasteiger partial charge in [-0.15, -0.1) is 0 Å². The van der Waals surface area contributed by atoms with Crippen LogP contribution >= 0.6 is 11.6 Å². The SMILES string of the molecule is CNCc1ccc(S(=O)(=O)N(C)CC2CC2C)cc1Cl. The van der Waals surface area contributed by atoms with Gasteiger partial charge in [-0.1, -0.05) is 24.6 Å². The molecule has 4 nitrogen and oxygen atoms in total. The lowest BCUT2D eigenvalue weighted by atomic mass is 10.2. The zero-order chi connectivity index (χ0) is 14.9. The van der Waals surface area contributed by atoms with E-state index in [-0.39, 0.29) is 4.90 Å². The van der Waals surface area contributed by atoms with E-state index in [2.05, 4.69) is 12.2 Å². The first-order valence-electron chi connectivity index (χ1n) is 6.75. The van der Waals surface area contributed by atoms with Gasteiger partial charge in [-0.3, -0.25) is 0 Å². The van der Waals surface area contributed by atoms with Crippen LogP contribution in [0.25, 0.3) is 0 Å². The fourth-order valence-corrected chi connectivity index (χ4v) is 3.85. The number of halogens is 1. The lowest BCUT2D eigenvalue weighted by Gasteiger charge is -2.17. The Balaban J connectivity index is 2.18. The Kier molecular flexibility index (Phi) is 4.74. The molecule has 1 aromatic rings. The first kappa shape index (κ1) is 15.8. The highest BCUT2D eigenvalue weighted by Gasteiger charge is 2.36. The molecule has 1 saturated carbocycles. The lowest BCUT2D eigenvalue weighted by Crippen LogP contribution is -2.29. The van der Waals surface area contributed by atoms with Gasteiger partial charge in [0.2, 0.25) is 10.0 Å². The number of hydrogen-bond donors (Lipinski definition) is 1. The molecule has 112 valence electrons. The smallest absolute Gasteiger partial charge is 0.242 e. The zero-order valence-corrected chi connectivity index (χ0v) is 13.6. The van der Waals surface area contributed by atoms with E-state index in [9.17, 15) is 8.42 Å². The molecule has 6 heteroatoms. The Labute approximate surface area is 126 Å². The molecule has 1 aliphatic rings. The van der Waals surface area contributed by atoms with Crippen molar-refractivity contribution in [2.24, 2.45) is 11.8 Å². The third-order valence-corrected chi connectivity index (χ3v) is 6.04. The second kappa shape index (κ2) is 6.02. The van der Waals surface area contributed by atoms with Crippen LogP contribution in [0.5, 0.6) is 0 Å². The minimum atomic E-state index is -3.44. The van der Waals surface area contributed by atoms with Crippen LogP contribution in [0.4, 0.5) is 0 Å². The van der Waals surface area contributed by atoms with E-state index in [1.54, 1.807) is 19.2 Å². The maximum atomic E-state index is 12.5. The van der Waals surface area contributed by atoms with Crippen molar-refractivity contribution in [3.05, 3.63) is 28.8 Å². The molecule has 0 bridgehead atoms. The highest BCUT2D eigenvalue weighted by Crippen LogP contribution is 2.38. The van der Waals surface area contributed by atoms with Gasteiger partial charge < -0.3 is 5.32 Å². The highest BCUT2D eigenvalue weighted by atomic mass is 35.5. The summed E-state index contributed by atoms with van der Waals surface area (Å²) in [5.74, 6) is 1.13. The van der Waals surface area contributed by atoms with Crippen LogP contribution in [-0.2, 0) is 16.6 Å². The fraction of sp³-hybridized carbons (Fsp3) is 0.571. The third-order valence-electron chi connectivity index (χ3n) is 3.87. The molecule has 2 unspecified atom stereocenters. The van der Waals surface area contributed by atoms with Crippen LogP contribution in [0.15, 0.2) is 23.1 Å². The van der Waals surface area contributed by atoms with Crippen molar-refractivity contribution in [2.45, 2.75) is 24.8 Å². The first-order valence-corrected chi connectivity index (χ1v) is 8.57. The number of nitrogens with one attached hydrogen (secondary N) is 1. The maximum Gasteiger partial charge on any atom is 0.242 e. The predicted octanol–water partition coefficient (Wildman–Crippen LogP) is 2.34. The molecule has 0 saturated heterocycles. The Hall–Kier alpha value is -0.620. The average molecular weight is 317 g/mol. The van der Waals surface area contributed by atoms with Gasteiger partial charge >= 0.3 is 0 Å². The summed E-state index contributed by atoms with van der Waals surface area (Å²) in [5.41, 5.74) is 0.895. The predicted molar refractivity (Wildman–Crippen MR) is 81.3 cm³/mol. The standard InChI is InChI=1S/C14H21ClN2O2S/c1-10-6-12(10)9-17(3)20(18,19)13-5-4-11(8-16-2)14(15)7-13/h4-5,7,10,12,16H,6,8-9H2,1-3H3. The number of sulfonamides is 1. The molecule has 1 N–H and O–H groups in total. The first-order chi connectivity index (χ1) is 9.36. The molecule has 0 heterocycles. The number of benzene rings is 1. The van der Waals surface area contributed by atoms with E-state index in [1.165, 1.54) is 10.4 Å². The van der Waals surface area contributed by atoms with Crippen molar-refractivity contribution in [3.8, 4) is 0 Å². The lowest BCUT2D eigenvalue weighted by molar-refractivity contribution is 0.444. The minimum Gasteiger partial charge on any atom is -0.316 e. The molecule has 0 aliphatic heterocycles. The van der Waals surface area contributed by atoms with Gasteiger partial charge in [-0.2, -0.15) is 0 Å². The van der Waals surface area contributed by atoms with E-state index < -0.39 is 10.0 Å². The van der Waals surface area contributed by atoms with Gasteiger partial charge in [0.1, 0.15) is 0 Å². The Bertz CT molecular complexity index is 589. The molecular weight excluding hydrogens is 296 g/mol. The molecule has 0 radical (unpaired) electrons. The van der Waals surface area contributed by atoms with Gasteiger partial charge in [0, 0.05) is 25.2 Å². The molecule has 1 aliphatic carbocycles. The number of hydrogen-bond acceptors (Lipinski definition) is 3. The van der Waals surface area contributed by atoms with Crippen molar-refractivity contribution in [3.63, 3.8) is 0 Å². The Morgan fingerprint density at radius 1 is 1.45 bits per heavy atom. The molecule has 0 amide bonds. The molecule has 0 spiro atoms. The molecule has 2 atom stereocenters. The molecule has 20 heavy (non-hydrogen) atoms. The Morgan fingerprint density at radius 2 is 2.10 bits per heavy atom. The molecular formula is C14H21ClN2O2S. The second-order valence-corrected chi connectivity index (χ2v) is 7.99. The minimum absolute atomic E-state index is 0.262. The summed E-state index contributed by atoms with van der Waals surface area (Å²) in [4.78, 5) is 0.262. The van der Waals surface area contributed by atoms with Crippen molar-refractivity contribution < 1.29 is 8.42 Å². The van der Waals surface area contributed by atoms with E-state index in [4.69, 9.17) is 11.6 Å². The highest BCUT2D eigenvalue weighted by molar-refractivity contribution is 7.89. The molecule has 0 aromatic heterocycles. The maximum absolute atomic E-state index is 12.5.